The zero-order valence-electron chi connectivity index (χ0n) is 13.9. The van der Waals surface area contributed by atoms with Gasteiger partial charge in [0, 0.05) is 18.7 Å². The Bertz CT molecular complexity index is 810. The van der Waals surface area contributed by atoms with Crippen molar-refractivity contribution < 1.29 is 12.8 Å². The van der Waals surface area contributed by atoms with E-state index in [1.54, 1.807) is 25.1 Å². The fraction of sp³-hybridized carbons (Fsp3) is 0.500. The number of aryl methyl sites for hydroxylation is 1. The molecule has 0 unspecified atom stereocenters. The Morgan fingerprint density at radius 3 is 2.54 bits per heavy atom. The van der Waals surface area contributed by atoms with Crippen LogP contribution >= 0.6 is 0 Å². The third kappa shape index (κ3) is 3.59. The van der Waals surface area contributed by atoms with Crippen LogP contribution in [0.3, 0.4) is 0 Å². The second-order valence-corrected chi connectivity index (χ2v) is 7.91. The van der Waals surface area contributed by atoms with E-state index in [1.165, 1.54) is 26.3 Å². The Morgan fingerprint density at radius 1 is 1.17 bits per heavy atom. The molecule has 1 fully saturated rings. The van der Waals surface area contributed by atoms with Gasteiger partial charge in [-0.05, 0) is 38.1 Å². The highest BCUT2D eigenvalue weighted by molar-refractivity contribution is 7.89. The predicted octanol–water partition coefficient (Wildman–Crippen LogP) is 2.70. The van der Waals surface area contributed by atoms with Gasteiger partial charge in [-0.15, -0.1) is 10.2 Å². The Labute approximate surface area is 141 Å². The smallest absolute Gasteiger partial charge is 0.249 e. The minimum Gasteiger partial charge on any atom is -0.421 e. The molecule has 1 saturated carbocycles. The Kier molecular flexibility index (Phi) is 4.86. The molecule has 0 amide bonds. The molecule has 1 aliphatic rings. The summed E-state index contributed by atoms with van der Waals surface area (Å²) in [4.78, 5) is 0.171. The van der Waals surface area contributed by atoms with Gasteiger partial charge in [-0.3, -0.25) is 0 Å². The monoisotopic (exact) mass is 350 g/mol. The van der Waals surface area contributed by atoms with E-state index >= 15 is 0 Å². The third-order valence-electron chi connectivity index (χ3n) is 4.29. The molecule has 130 valence electrons. The van der Waals surface area contributed by atoms with Crippen LogP contribution in [0.1, 0.15) is 38.0 Å². The second kappa shape index (κ2) is 6.90. The summed E-state index contributed by atoms with van der Waals surface area (Å²) in [6, 6.07) is 5.31. The molecule has 7 nitrogen and oxygen atoms in total. The normalized spacial score (nSPS) is 16.2. The first-order valence-corrected chi connectivity index (χ1v) is 9.62. The van der Waals surface area contributed by atoms with Gasteiger partial charge in [0.2, 0.25) is 21.8 Å². The maximum absolute atomic E-state index is 12.1. The molecule has 0 atom stereocenters. The molecule has 0 saturated heterocycles. The fourth-order valence-electron chi connectivity index (χ4n) is 2.98. The summed E-state index contributed by atoms with van der Waals surface area (Å²) in [5.74, 6) is 0.759. The third-order valence-corrected chi connectivity index (χ3v) is 5.70. The lowest BCUT2D eigenvalue weighted by Gasteiger charge is -2.25. The highest BCUT2D eigenvalue weighted by Gasteiger charge is 2.20. The number of nitrogens with one attached hydrogen (secondary N) is 2. The van der Waals surface area contributed by atoms with E-state index in [0.717, 1.165) is 18.5 Å². The SMILES string of the molecule is CNS(=O)(=O)c1ccc(NC2CCCCC2)c(-c2nnc(C)o2)c1. The van der Waals surface area contributed by atoms with E-state index in [-0.39, 0.29) is 4.90 Å². The van der Waals surface area contributed by atoms with Crippen LogP contribution in [-0.4, -0.2) is 31.7 Å². The van der Waals surface area contributed by atoms with Gasteiger partial charge in [0.05, 0.1) is 10.5 Å². The Morgan fingerprint density at radius 2 is 1.92 bits per heavy atom. The Hall–Kier alpha value is -1.93. The molecular weight excluding hydrogens is 328 g/mol. The molecule has 8 heteroatoms. The molecule has 0 radical (unpaired) electrons. The lowest BCUT2D eigenvalue weighted by molar-refractivity contribution is 0.462. The molecule has 1 aromatic carbocycles. The van der Waals surface area contributed by atoms with Gasteiger partial charge in [-0.25, -0.2) is 13.1 Å². The number of hydrogen-bond donors (Lipinski definition) is 2. The summed E-state index contributed by atoms with van der Waals surface area (Å²) in [7, 11) is -2.15. The first-order chi connectivity index (χ1) is 11.5. The number of aromatic nitrogens is 2. The first kappa shape index (κ1) is 16.9. The number of hydrogen-bond acceptors (Lipinski definition) is 6. The van der Waals surface area contributed by atoms with Crippen LogP contribution in [0.15, 0.2) is 27.5 Å². The maximum Gasteiger partial charge on any atom is 0.249 e. The molecule has 0 bridgehead atoms. The van der Waals surface area contributed by atoms with E-state index < -0.39 is 10.0 Å². The van der Waals surface area contributed by atoms with Crippen molar-refractivity contribution in [1.82, 2.24) is 14.9 Å². The molecule has 24 heavy (non-hydrogen) atoms. The fourth-order valence-corrected chi connectivity index (χ4v) is 3.74. The average Bonchev–Trinajstić information content (AvgIpc) is 3.02. The minimum absolute atomic E-state index is 0.171. The maximum atomic E-state index is 12.1. The van der Waals surface area contributed by atoms with Crippen molar-refractivity contribution in [2.45, 2.75) is 50.0 Å². The van der Waals surface area contributed by atoms with Gasteiger partial charge in [0.15, 0.2) is 0 Å². The van der Waals surface area contributed by atoms with Crippen molar-refractivity contribution in [1.29, 1.82) is 0 Å². The van der Waals surface area contributed by atoms with Crippen molar-refractivity contribution in [3.63, 3.8) is 0 Å². The number of rotatable bonds is 5. The lowest BCUT2D eigenvalue weighted by atomic mass is 9.95. The van der Waals surface area contributed by atoms with Gasteiger partial charge in [0.1, 0.15) is 0 Å². The Balaban J connectivity index is 2.00. The molecule has 0 aliphatic heterocycles. The molecule has 0 spiro atoms. The van der Waals surface area contributed by atoms with Crippen LogP contribution in [0.5, 0.6) is 0 Å². The molecule has 2 aromatic rings. The highest BCUT2D eigenvalue weighted by atomic mass is 32.2. The number of nitrogens with zero attached hydrogens (tertiary/aromatic N) is 2. The van der Waals surface area contributed by atoms with Crippen LogP contribution < -0.4 is 10.0 Å². The van der Waals surface area contributed by atoms with E-state index in [1.807, 2.05) is 0 Å². The second-order valence-electron chi connectivity index (χ2n) is 6.02. The van der Waals surface area contributed by atoms with Crippen molar-refractivity contribution >= 4 is 15.7 Å². The lowest BCUT2D eigenvalue weighted by Crippen LogP contribution is -2.23. The summed E-state index contributed by atoms with van der Waals surface area (Å²) in [5.41, 5.74) is 1.43. The standard InChI is InChI=1S/C16H22N4O3S/c1-11-19-20-16(23-11)14-10-13(24(21,22)17-2)8-9-15(14)18-12-6-4-3-5-7-12/h8-10,12,17-18H,3-7H2,1-2H3. The predicted molar refractivity (Wildman–Crippen MR) is 91.2 cm³/mol. The van der Waals surface area contributed by atoms with Crippen LogP contribution in [0, 0.1) is 6.92 Å². The van der Waals surface area contributed by atoms with Crippen LogP contribution in [0.25, 0.3) is 11.5 Å². The number of sulfonamides is 1. The van der Waals surface area contributed by atoms with Crippen molar-refractivity contribution in [3.05, 3.63) is 24.1 Å². The summed E-state index contributed by atoms with van der Waals surface area (Å²) in [6.07, 6.45) is 5.91. The molecular formula is C16H22N4O3S. The van der Waals surface area contributed by atoms with Gasteiger partial charge >= 0.3 is 0 Å². The highest BCUT2D eigenvalue weighted by Crippen LogP contribution is 2.32. The zero-order chi connectivity index (χ0) is 17.2. The van der Waals surface area contributed by atoms with Gasteiger partial charge < -0.3 is 9.73 Å². The number of anilines is 1. The summed E-state index contributed by atoms with van der Waals surface area (Å²) < 4.78 is 32.0. The quantitative estimate of drug-likeness (QED) is 0.860. The van der Waals surface area contributed by atoms with Crippen molar-refractivity contribution in [3.8, 4) is 11.5 Å². The first-order valence-electron chi connectivity index (χ1n) is 8.14. The molecule has 3 rings (SSSR count). The summed E-state index contributed by atoms with van der Waals surface area (Å²) >= 11 is 0. The van der Waals surface area contributed by atoms with Crippen molar-refractivity contribution in [2.24, 2.45) is 0 Å². The molecule has 2 N–H and O–H groups in total. The van der Waals surface area contributed by atoms with Gasteiger partial charge in [-0.1, -0.05) is 19.3 Å². The molecule has 1 aromatic heterocycles. The van der Waals surface area contributed by atoms with Gasteiger partial charge in [0.25, 0.3) is 0 Å². The van der Waals surface area contributed by atoms with Crippen molar-refractivity contribution in [2.75, 3.05) is 12.4 Å². The van der Waals surface area contributed by atoms with E-state index in [9.17, 15) is 8.42 Å². The minimum atomic E-state index is -3.54. The zero-order valence-corrected chi connectivity index (χ0v) is 14.7. The number of benzene rings is 1. The topological polar surface area (TPSA) is 97.1 Å². The van der Waals surface area contributed by atoms with E-state index in [4.69, 9.17) is 4.42 Å². The van der Waals surface area contributed by atoms with Crippen LogP contribution in [0.2, 0.25) is 0 Å². The van der Waals surface area contributed by atoms with E-state index in [0.29, 0.717) is 23.4 Å². The summed E-state index contributed by atoms with van der Waals surface area (Å²) in [6.45, 7) is 1.71. The molecule has 1 heterocycles. The van der Waals surface area contributed by atoms with Gasteiger partial charge in [-0.2, -0.15) is 0 Å². The van der Waals surface area contributed by atoms with E-state index in [2.05, 4.69) is 20.2 Å². The summed E-state index contributed by atoms with van der Waals surface area (Å²) in [5, 5.41) is 11.4. The van der Waals surface area contributed by atoms with Crippen LogP contribution in [0.4, 0.5) is 5.69 Å². The van der Waals surface area contributed by atoms with Crippen LogP contribution in [-0.2, 0) is 10.0 Å². The molecule has 1 aliphatic carbocycles. The largest absolute Gasteiger partial charge is 0.421 e. The average molecular weight is 350 g/mol.